The summed E-state index contributed by atoms with van der Waals surface area (Å²) in [5, 5.41) is 0. The third-order valence-corrected chi connectivity index (χ3v) is 3.24. The summed E-state index contributed by atoms with van der Waals surface area (Å²) in [6, 6.07) is 8.78. The highest BCUT2D eigenvalue weighted by molar-refractivity contribution is 5.48. The van der Waals surface area contributed by atoms with Crippen molar-refractivity contribution < 1.29 is 0 Å². The second kappa shape index (κ2) is 3.28. The molecular weight excluding hydrogens is 172 g/mol. The van der Waals surface area contributed by atoms with Crippen LogP contribution in [0.15, 0.2) is 24.3 Å². The molecule has 2 nitrogen and oxygen atoms in total. The van der Waals surface area contributed by atoms with E-state index in [0.717, 1.165) is 6.54 Å². The van der Waals surface area contributed by atoms with Gasteiger partial charge >= 0.3 is 0 Å². The lowest BCUT2D eigenvalue weighted by Gasteiger charge is -2.16. The minimum absolute atomic E-state index is 0.324. The van der Waals surface area contributed by atoms with Crippen molar-refractivity contribution in [2.75, 3.05) is 25.5 Å². The Kier molecular flexibility index (Phi) is 2.23. The van der Waals surface area contributed by atoms with Gasteiger partial charge in [-0.15, -0.1) is 0 Å². The molecule has 0 bridgehead atoms. The van der Waals surface area contributed by atoms with E-state index >= 15 is 0 Å². The molecule has 0 radical (unpaired) electrons. The van der Waals surface area contributed by atoms with Gasteiger partial charge in [0, 0.05) is 31.7 Å². The van der Waals surface area contributed by atoms with E-state index in [9.17, 15) is 0 Å². The maximum absolute atomic E-state index is 5.79. The van der Waals surface area contributed by atoms with E-state index in [1.807, 2.05) is 0 Å². The number of nitrogens with two attached hydrogens (primary N) is 1. The quantitative estimate of drug-likeness (QED) is 0.786. The number of rotatable bonds is 3. The second-order valence-electron chi connectivity index (χ2n) is 4.43. The van der Waals surface area contributed by atoms with Crippen molar-refractivity contribution in [2.24, 2.45) is 5.73 Å². The largest absolute Gasteiger partial charge is 0.378 e. The topological polar surface area (TPSA) is 29.3 Å². The Hall–Kier alpha value is -1.02. The van der Waals surface area contributed by atoms with Gasteiger partial charge in [0.1, 0.15) is 0 Å². The van der Waals surface area contributed by atoms with Gasteiger partial charge in [0.05, 0.1) is 0 Å². The van der Waals surface area contributed by atoms with E-state index in [1.165, 1.54) is 24.1 Å². The summed E-state index contributed by atoms with van der Waals surface area (Å²) in [5.74, 6) is 0. The molecule has 0 amide bonds. The molecule has 1 aliphatic carbocycles. The molecule has 0 heterocycles. The maximum Gasteiger partial charge on any atom is 0.0361 e. The van der Waals surface area contributed by atoms with E-state index in [-0.39, 0.29) is 0 Å². The van der Waals surface area contributed by atoms with Crippen molar-refractivity contribution in [3.63, 3.8) is 0 Å². The predicted molar refractivity (Wildman–Crippen MR) is 60.7 cm³/mol. The lowest BCUT2D eigenvalue weighted by molar-refractivity contribution is 0.705. The fraction of sp³-hybridized carbons (Fsp3) is 0.500. The van der Waals surface area contributed by atoms with E-state index in [4.69, 9.17) is 5.73 Å². The van der Waals surface area contributed by atoms with Crippen LogP contribution in [0.4, 0.5) is 5.69 Å². The standard InChI is InChI=1S/C12H18N2/c1-14(2)11-5-3-10(4-6-11)12(9-13)7-8-12/h3-6H,7-9,13H2,1-2H3. The average Bonchev–Trinajstić information content (AvgIpc) is 2.99. The van der Waals surface area contributed by atoms with Crippen LogP contribution in [0.25, 0.3) is 0 Å². The van der Waals surface area contributed by atoms with Crippen molar-refractivity contribution in [3.05, 3.63) is 29.8 Å². The van der Waals surface area contributed by atoms with E-state index in [1.54, 1.807) is 0 Å². The molecule has 1 aromatic carbocycles. The Morgan fingerprint density at radius 1 is 1.21 bits per heavy atom. The van der Waals surface area contributed by atoms with Crippen molar-refractivity contribution in [3.8, 4) is 0 Å². The van der Waals surface area contributed by atoms with Gasteiger partial charge in [-0.2, -0.15) is 0 Å². The number of hydrogen-bond donors (Lipinski definition) is 1. The van der Waals surface area contributed by atoms with Crippen molar-refractivity contribution in [1.29, 1.82) is 0 Å². The summed E-state index contributed by atoms with van der Waals surface area (Å²) in [7, 11) is 4.12. The molecule has 0 atom stereocenters. The SMILES string of the molecule is CN(C)c1ccc(C2(CN)CC2)cc1. The van der Waals surface area contributed by atoms with Crippen molar-refractivity contribution >= 4 is 5.69 Å². The smallest absolute Gasteiger partial charge is 0.0361 e. The molecule has 1 fully saturated rings. The van der Waals surface area contributed by atoms with Gasteiger partial charge in [-0.25, -0.2) is 0 Å². The Morgan fingerprint density at radius 2 is 1.79 bits per heavy atom. The lowest BCUT2D eigenvalue weighted by Crippen LogP contribution is -2.19. The maximum atomic E-state index is 5.79. The average molecular weight is 190 g/mol. The Labute approximate surface area is 85.7 Å². The molecule has 1 aromatic rings. The van der Waals surface area contributed by atoms with Gasteiger partial charge in [0.25, 0.3) is 0 Å². The highest BCUT2D eigenvalue weighted by atomic mass is 15.1. The van der Waals surface area contributed by atoms with Gasteiger partial charge in [-0.3, -0.25) is 0 Å². The second-order valence-corrected chi connectivity index (χ2v) is 4.43. The summed E-state index contributed by atoms with van der Waals surface area (Å²) >= 11 is 0. The van der Waals surface area contributed by atoms with E-state index in [2.05, 4.69) is 43.3 Å². The van der Waals surface area contributed by atoms with Crippen LogP contribution in [-0.2, 0) is 5.41 Å². The van der Waals surface area contributed by atoms with Crippen molar-refractivity contribution in [2.45, 2.75) is 18.3 Å². The molecule has 1 aliphatic rings. The van der Waals surface area contributed by atoms with Crippen LogP contribution in [-0.4, -0.2) is 20.6 Å². The van der Waals surface area contributed by atoms with Crippen LogP contribution in [0, 0.1) is 0 Å². The fourth-order valence-corrected chi connectivity index (χ4v) is 1.87. The van der Waals surface area contributed by atoms with Gasteiger partial charge in [0.2, 0.25) is 0 Å². The third kappa shape index (κ3) is 1.50. The number of hydrogen-bond acceptors (Lipinski definition) is 2. The summed E-state index contributed by atoms with van der Waals surface area (Å²) in [5.41, 5.74) is 8.77. The molecule has 14 heavy (non-hydrogen) atoms. The monoisotopic (exact) mass is 190 g/mol. The van der Waals surface area contributed by atoms with Crippen LogP contribution in [0.5, 0.6) is 0 Å². The minimum Gasteiger partial charge on any atom is -0.378 e. The Morgan fingerprint density at radius 3 is 2.14 bits per heavy atom. The summed E-state index contributed by atoms with van der Waals surface area (Å²) < 4.78 is 0. The zero-order valence-corrected chi connectivity index (χ0v) is 8.96. The molecule has 1 saturated carbocycles. The molecule has 0 unspecified atom stereocenters. The van der Waals surface area contributed by atoms with Crippen LogP contribution in [0.3, 0.4) is 0 Å². The molecule has 0 spiro atoms. The lowest BCUT2D eigenvalue weighted by atomic mass is 9.96. The zero-order chi connectivity index (χ0) is 10.2. The van der Waals surface area contributed by atoms with Gasteiger partial charge in [-0.05, 0) is 30.5 Å². The first-order valence-corrected chi connectivity index (χ1v) is 5.16. The van der Waals surface area contributed by atoms with Gasteiger partial charge in [0.15, 0.2) is 0 Å². The first kappa shape index (κ1) is 9.53. The highest BCUT2D eigenvalue weighted by Crippen LogP contribution is 2.47. The first-order chi connectivity index (χ1) is 6.68. The van der Waals surface area contributed by atoms with Crippen LogP contribution in [0.2, 0.25) is 0 Å². The molecule has 2 rings (SSSR count). The van der Waals surface area contributed by atoms with E-state index < -0.39 is 0 Å². The summed E-state index contributed by atoms with van der Waals surface area (Å²) in [6.07, 6.45) is 2.51. The first-order valence-electron chi connectivity index (χ1n) is 5.16. The molecule has 0 saturated heterocycles. The van der Waals surface area contributed by atoms with Crippen molar-refractivity contribution in [1.82, 2.24) is 0 Å². The number of benzene rings is 1. The molecule has 0 aliphatic heterocycles. The number of anilines is 1. The summed E-state index contributed by atoms with van der Waals surface area (Å²) in [6.45, 7) is 0.786. The van der Waals surface area contributed by atoms with Crippen LogP contribution >= 0.6 is 0 Å². The fourth-order valence-electron chi connectivity index (χ4n) is 1.87. The predicted octanol–water partition coefficient (Wildman–Crippen LogP) is 1.74. The zero-order valence-electron chi connectivity index (χ0n) is 8.96. The molecule has 76 valence electrons. The molecule has 2 N–H and O–H groups in total. The third-order valence-electron chi connectivity index (χ3n) is 3.24. The summed E-state index contributed by atoms with van der Waals surface area (Å²) in [4.78, 5) is 2.12. The van der Waals surface area contributed by atoms with Gasteiger partial charge in [-0.1, -0.05) is 12.1 Å². The highest BCUT2D eigenvalue weighted by Gasteiger charge is 2.42. The van der Waals surface area contributed by atoms with E-state index in [0.29, 0.717) is 5.41 Å². The normalized spacial score (nSPS) is 17.9. The van der Waals surface area contributed by atoms with Crippen LogP contribution in [0.1, 0.15) is 18.4 Å². The van der Waals surface area contributed by atoms with Gasteiger partial charge < -0.3 is 10.6 Å². The molecule has 0 aromatic heterocycles. The van der Waals surface area contributed by atoms with Crippen LogP contribution < -0.4 is 10.6 Å². The molecular formula is C12H18N2. The molecule has 2 heteroatoms. The minimum atomic E-state index is 0.324. The Bertz CT molecular complexity index is 310. The number of nitrogens with zero attached hydrogens (tertiary/aromatic N) is 1. The Balaban J connectivity index is 2.22.